The summed E-state index contributed by atoms with van der Waals surface area (Å²) in [5.41, 5.74) is 0.647. The predicted octanol–water partition coefficient (Wildman–Crippen LogP) is 2.77. The SMILES string of the molecule is CC1CCC(NC(=O)c2ccc3c(c2)OCCCO3)C1. The normalized spacial score (nSPS) is 25.1. The molecule has 4 heteroatoms. The van der Waals surface area contributed by atoms with Crippen LogP contribution in [0.1, 0.15) is 43.0 Å². The van der Waals surface area contributed by atoms with Crippen molar-refractivity contribution in [1.29, 1.82) is 0 Å². The molecule has 0 saturated heterocycles. The Morgan fingerprint density at radius 3 is 2.75 bits per heavy atom. The first-order valence-electron chi connectivity index (χ1n) is 7.43. The molecule has 1 aliphatic carbocycles. The molecule has 20 heavy (non-hydrogen) atoms. The van der Waals surface area contributed by atoms with Gasteiger partial charge in [-0.2, -0.15) is 0 Å². The predicted molar refractivity (Wildman–Crippen MR) is 76.3 cm³/mol. The number of hydrogen-bond acceptors (Lipinski definition) is 3. The molecule has 1 amide bonds. The van der Waals surface area contributed by atoms with E-state index in [1.807, 2.05) is 6.07 Å². The molecule has 3 rings (SSSR count). The average molecular weight is 275 g/mol. The van der Waals surface area contributed by atoms with Crippen LogP contribution in [0.15, 0.2) is 18.2 Å². The fourth-order valence-corrected chi connectivity index (χ4v) is 2.91. The van der Waals surface area contributed by atoms with Crippen molar-refractivity contribution in [3.8, 4) is 11.5 Å². The Hall–Kier alpha value is -1.71. The van der Waals surface area contributed by atoms with Gasteiger partial charge in [0.2, 0.25) is 0 Å². The zero-order valence-electron chi connectivity index (χ0n) is 11.9. The van der Waals surface area contributed by atoms with Crippen LogP contribution in [0, 0.1) is 5.92 Å². The third-order valence-electron chi connectivity index (χ3n) is 4.04. The van der Waals surface area contributed by atoms with Crippen LogP contribution in [-0.2, 0) is 0 Å². The fourth-order valence-electron chi connectivity index (χ4n) is 2.91. The van der Waals surface area contributed by atoms with Gasteiger partial charge in [-0.05, 0) is 43.4 Å². The Labute approximate surface area is 119 Å². The van der Waals surface area contributed by atoms with Gasteiger partial charge in [-0.25, -0.2) is 0 Å². The van der Waals surface area contributed by atoms with Crippen molar-refractivity contribution in [1.82, 2.24) is 5.32 Å². The van der Waals surface area contributed by atoms with Gasteiger partial charge < -0.3 is 14.8 Å². The highest BCUT2D eigenvalue weighted by Crippen LogP contribution is 2.31. The minimum atomic E-state index is -0.0141. The monoisotopic (exact) mass is 275 g/mol. The highest BCUT2D eigenvalue weighted by Gasteiger charge is 2.23. The van der Waals surface area contributed by atoms with Crippen LogP contribution in [0.2, 0.25) is 0 Å². The topological polar surface area (TPSA) is 47.6 Å². The van der Waals surface area contributed by atoms with E-state index in [-0.39, 0.29) is 5.91 Å². The number of carbonyl (C=O) groups excluding carboxylic acids is 1. The summed E-state index contributed by atoms with van der Waals surface area (Å²) in [4.78, 5) is 12.3. The molecule has 0 aromatic heterocycles. The van der Waals surface area contributed by atoms with Crippen molar-refractivity contribution in [2.24, 2.45) is 5.92 Å². The van der Waals surface area contributed by atoms with Crippen LogP contribution >= 0.6 is 0 Å². The number of ether oxygens (including phenoxy) is 2. The first kappa shape index (κ1) is 13.3. The summed E-state index contributed by atoms with van der Waals surface area (Å²) >= 11 is 0. The molecule has 108 valence electrons. The molecule has 1 saturated carbocycles. The number of fused-ring (bicyclic) bond motifs is 1. The minimum absolute atomic E-state index is 0.0141. The van der Waals surface area contributed by atoms with E-state index in [1.54, 1.807) is 12.1 Å². The van der Waals surface area contributed by atoms with E-state index in [4.69, 9.17) is 9.47 Å². The molecule has 4 nitrogen and oxygen atoms in total. The van der Waals surface area contributed by atoms with Crippen molar-refractivity contribution in [3.05, 3.63) is 23.8 Å². The molecule has 0 spiro atoms. The number of benzene rings is 1. The molecule has 0 radical (unpaired) electrons. The Bertz CT molecular complexity index is 500. The van der Waals surface area contributed by atoms with Crippen molar-refractivity contribution in [3.63, 3.8) is 0 Å². The van der Waals surface area contributed by atoms with Gasteiger partial charge in [0.1, 0.15) is 0 Å². The van der Waals surface area contributed by atoms with Gasteiger partial charge in [-0.3, -0.25) is 4.79 Å². The van der Waals surface area contributed by atoms with Crippen molar-refractivity contribution in [2.45, 2.75) is 38.6 Å². The molecule has 1 heterocycles. The Morgan fingerprint density at radius 1 is 1.20 bits per heavy atom. The summed E-state index contributed by atoms with van der Waals surface area (Å²) in [6.07, 6.45) is 4.23. The number of amides is 1. The summed E-state index contributed by atoms with van der Waals surface area (Å²) in [5.74, 6) is 2.10. The lowest BCUT2D eigenvalue weighted by Crippen LogP contribution is -2.32. The number of carbonyl (C=O) groups is 1. The van der Waals surface area contributed by atoms with Crippen LogP contribution in [0.3, 0.4) is 0 Å². The summed E-state index contributed by atoms with van der Waals surface area (Å²) in [6.45, 7) is 3.54. The summed E-state index contributed by atoms with van der Waals surface area (Å²) in [5, 5.41) is 3.11. The molecule has 1 N–H and O–H groups in total. The maximum absolute atomic E-state index is 12.3. The maximum Gasteiger partial charge on any atom is 0.251 e. The number of nitrogens with one attached hydrogen (secondary N) is 1. The van der Waals surface area contributed by atoms with Gasteiger partial charge in [-0.15, -0.1) is 0 Å². The molecule has 1 aromatic carbocycles. The third-order valence-corrected chi connectivity index (χ3v) is 4.04. The lowest BCUT2D eigenvalue weighted by Gasteiger charge is -2.14. The quantitative estimate of drug-likeness (QED) is 0.902. The Balaban J connectivity index is 1.70. The van der Waals surface area contributed by atoms with E-state index in [0.717, 1.165) is 25.0 Å². The van der Waals surface area contributed by atoms with Crippen LogP contribution in [0.25, 0.3) is 0 Å². The van der Waals surface area contributed by atoms with Crippen LogP contribution in [0.4, 0.5) is 0 Å². The first-order chi connectivity index (χ1) is 9.72. The van der Waals surface area contributed by atoms with Crippen LogP contribution in [-0.4, -0.2) is 25.2 Å². The van der Waals surface area contributed by atoms with Gasteiger partial charge in [-0.1, -0.05) is 6.92 Å². The molecule has 2 unspecified atom stereocenters. The average Bonchev–Trinajstić information content (AvgIpc) is 2.72. The standard InChI is InChI=1S/C16H21NO3/c1-11-3-5-13(9-11)17-16(18)12-4-6-14-15(10-12)20-8-2-7-19-14/h4,6,10-11,13H,2-3,5,7-9H2,1H3,(H,17,18). The Morgan fingerprint density at radius 2 is 2.00 bits per heavy atom. The number of rotatable bonds is 2. The van der Waals surface area contributed by atoms with E-state index < -0.39 is 0 Å². The highest BCUT2D eigenvalue weighted by atomic mass is 16.5. The molecule has 1 aliphatic heterocycles. The van der Waals surface area contributed by atoms with Crippen LogP contribution < -0.4 is 14.8 Å². The first-order valence-corrected chi connectivity index (χ1v) is 7.43. The number of hydrogen-bond donors (Lipinski definition) is 1. The smallest absolute Gasteiger partial charge is 0.251 e. The van der Waals surface area contributed by atoms with Gasteiger partial charge >= 0.3 is 0 Å². The molecule has 2 atom stereocenters. The second-order valence-corrected chi connectivity index (χ2v) is 5.80. The molecular weight excluding hydrogens is 254 g/mol. The maximum atomic E-state index is 12.3. The summed E-state index contributed by atoms with van der Waals surface area (Å²) in [7, 11) is 0. The third kappa shape index (κ3) is 2.89. The minimum Gasteiger partial charge on any atom is -0.490 e. The zero-order chi connectivity index (χ0) is 13.9. The van der Waals surface area contributed by atoms with E-state index in [0.29, 0.717) is 36.5 Å². The largest absolute Gasteiger partial charge is 0.490 e. The van der Waals surface area contributed by atoms with Gasteiger partial charge in [0.25, 0.3) is 5.91 Å². The molecule has 1 fully saturated rings. The van der Waals surface area contributed by atoms with E-state index in [2.05, 4.69) is 12.2 Å². The van der Waals surface area contributed by atoms with E-state index in [1.165, 1.54) is 6.42 Å². The molecular formula is C16H21NO3. The Kier molecular flexibility index (Phi) is 3.81. The fraction of sp³-hybridized carbons (Fsp3) is 0.562. The van der Waals surface area contributed by atoms with Crippen molar-refractivity contribution < 1.29 is 14.3 Å². The van der Waals surface area contributed by atoms with Gasteiger partial charge in [0.05, 0.1) is 13.2 Å². The molecule has 0 bridgehead atoms. The lowest BCUT2D eigenvalue weighted by molar-refractivity contribution is 0.0937. The van der Waals surface area contributed by atoms with Gasteiger partial charge in [0, 0.05) is 18.0 Å². The van der Waals surface area contributed by atoms with E-state index >= 15 is 0 Å². The highest BCUT2D eigenvalue weighted by molar-refractivity contribution is 5.95. The summed E-state index contributed by atoms with van der Waals surface area (Å²) in [6, 6.07) is 5.73. The van der Waals surface area contributed by atoms with Crippen molar-refractivity contribution in [2.75, 3.05) is 13.2 Å². The summed E-state index contributed by atoms with van der Waals surface area (Å²) < 4.78 is 11.2. The lowest BCUT2D eigenvalue weighted by atomic mass is 10.1. The van der Waals surface area contributed by atoms with Crippen LogP contribution in [0.5, 0.6) is 11.5 Å². The van der Waals surface area contributed by atoms with Crippen molar-refractivity contribution >= 4 is 5.91 Å². The molecule has 2 aliphatic rings. The van der Waals surface area contributed by atoms with E-state index in [9.17, 15) is 4.79 Å². The molecule has 1 aromatic rings. The second-order valence-electron chi connectivity index (χ2n) is 5.80. The zero-order valence-corrected chi connectivity index (χ0v) is 11.9. The van der Waals surface area contributed by atoms with Gasteiger partial charge in [0.15, 0.2) is 11.5 Å². The second kappa shape index (κ2) is 5.73.